The van der Waals surface area contributed by atoms with Crippen LogP contribution in [-0.4, -0.2) is 29.0 Å². The van der Waals surface area contributed by atoms with Gasteiger partial charge in [0.15, 0.2) is 5.82 Å². The van der Waals surface area contributed by atoms with Gasteiger partial charge in [0.1, 0.15) is 17.8 Å². The third kappa shape index (κ3) is 2.63. The fraction of sp³-hybridized carbons (Fsp3) is 0.125. The number of hydrogen-bond acceptors (Lipinski definition) is 4. The predicted molar refractivity (Wildman–Crippen MR) is 84.9 cm³/mol. The van der Waals surface area contributed by atoms with E-state index in [1.807, 2.05) is 42.5 Å². The summed E-state index contributed by atoms with van der Waals surface area (Å²) in [6.45, 7) is 0. The summed E-state index contributed by atoms with van der Waals surface area (Å²) < 4.78 is 12.4. The average Bonchev–Trinajstić information content (AvgIpc) is 3.03. The molecule has 0 bridgehead atoms. The SMILES string of the molecule is COc1ccc(OC)c(-c2ncnn2-c2cccc(Cl)c2)c1. The molecule has 0 saturated carbocycles. The summed E-state index contributed by atoms with van der Waals surface area (Å²) in [5, 5.41) is 4.92. The van der Waals surface area contributed by atoms with E-state index in [4.69, 9.17) is 21.1 Å². The summed E-state index contributed by atoms with van der Waals surface area (Å²) in [5.41, 5.74) is 1.61. The van der Waals surface area contributed by atoms with Gasteiger partial charge in [0.2, 0.25) is 0 Å². The molecule has 0 amide bonds. The lowest BCUT2D eigenvalue weighted by Crippen LogP contribution is -2.01. The van der Waals surface area contributed by atoms with Gasteiger partial charge in [-0.3, -0.25) is 0 Å². The molecule has 3 aromatic rings. The van der Waals surface area contributed by atoms with E-state index in [0.29, 0.717) is 16.6 Å². The van der Waals surface area contributed by atoms with Crippen molar-refractivity contribution in [3.05, 3.63) is 53.8 Å². The van der Waals surface area contributed by atoms with Crippen molar-refractivity contribution in [2.24, 2.45) is 0 Å². The summed E-state index contributed by atoms with van der Waals surface area (Å²) in [5.74, 6) is 2.06. The zero-order valence-electron chi connectivity index (χ0n) is 12.2. The third-order valence-electron chi connectivity index (χ3n) is 3.25. The van der Waals surface area contributed by atoms with Crippen LogP contribution in [0.3, 0.4) is 0 Å². The van der Waals surface area contributed by atoms with Crippen molar-refractivity contribution in [2.75, 3.05) is 14.2 Å². The topological polar surface area (TPSA) is 49.2 Å². The van der Waals surface area contributed by atoms with Crippen LogP contribution >= 0.6 is 11.6 Å². The van der Waals surface area contributed by atoms with Gasteiger partial charge in [0, 0.05) is 5.02 Å². The summed E-state index contributed by atoms with van der Waals surface area (Å²) in [4.78, 5) is 4.35. The van der Waals surface area contributed by atoms with E-state index in [-0.39, 0.29) is 0 Å². The van der Waals surface area contributed by atoms with Crippen molar-refractivity contribution < 1.29 is 9.47 Å². The fourth-order valence-electron chi connectivity index (χ4n) is 2.21. The number of methoxy groups -OCH3 is 2. The molecule has 0 atom stereocenters. The van der Waals surface area contributed by atoms with E-state index in [1.54, 1.807) is 18.9 Å². The molecule has 22 heavy (non-hydrogen) atoms. The molecular weight excluding hydrogens is 302 g/mol. The maximum Gasteiger partial charge on any atom is 0.167 e. The molecule has 1 heterocycles. The second-order valence-electron chi connectivity index (χ2n) is 4.54. The largest absolute Gasteiger partial charge is 0.497 e. The highest BCUT2D eigenvalue weighted by atomic mass is 35.5. The van der Waals surface area contributed by atoms with Crippen LogP contribution in [0.15, 0.2) is 48.8 Å². The summed E-state index contributed by atoms with van der Waals surface area (Å²) in [6.07, 6.45) is 1.50. The van der Waals surface area contributed by atoms with E-state index in [0.717, 1.165) is 17.0 Å². The Morgan fingerprint density at radius 3 is 2.64 bits per heavy atom. The normalized spacial score (nSPS) is 10.5. The number of hydrogen-bond donors (Lipinski definition) is 0. The summed E-state index contributed by atoms with van der Waals surface area (Å²) in [7, 11) is 3.23. The first kappa shape index (κ1) is 14.4. The number of nitrogens with zero attached hydrogens (tertiary/aromatic N) is 3. The zero-order chi connectivity index (χ0) is 15.5. The molecule has 112 valence electrons. The summed E-state index contributed by atoms with van der Waals surface area (Å²) in [6, 6.07) is 13.0. The molecule has 0 saturated heterocycles. The Hall–Kier alpha value is -2.53. The maximum atomic E-state index is 6.06. The molecular formula is C16H14ClN3O2. The maximum absolute atomic E-state index is 6.06. The fourth-order valence-corrected chi connectivity index (χ4v) is 2.40. The van der Waals surface area contributed by atoms with Crippen molar-refractivity contribution in [3.8, 4) is 28.6 Å². The van der Waals surface area contributed by atoms with Gasteiger partial charge in [-0.25, -0.2) is 9.67 Å². The lowest BCUT2D eigenvalue weighted by atomic mass is 10.1. The number of rotatable bonds is 4. The molecule has 0 N–H and O–H groups in total. The van der Waals surface area contributed by atoms with Crippen LogP contribution in [0.2, 0.25) is 5.02 Å². The average molecular weight is 316 g/mol. The van der Waals surface area contributed by atoms with E-state index in [9.17, 15) is 0 Å². The predicted octanol–water partition coefficient (Wildman–Crippen LogP) is 3.60. The third-order valence-corrected chi connectivity index (χ3v) is 3.48. The van der Waals surface area contributed by atoms with Crippen molar-refractivity contribution in [1.82, 2.24) is 14.8 Å². The minimum atomic E-state index is 0.636. The molecule has 2 aromatic carbocycles. The van der Waals surface area contributed by atoms with Crippen molar-refractivity contribution in [3.63, 3.8) is 0 Å². The molecule has 0 aliphatic heterocycles. The highest BCUT2D eigenvalue weighted by Crippen LogP contribution is 2.33. The van der Waals surface area contributed by atoms with Crippen molar-refractivity contribution in [2.45, 2.75) is 0 Å². The van der Waals surface area contributed by atoms with E-state index < -0.39 is 0 Å². The van der Waals surface area contributed by atoms with Crippen LogP contribution in [-0.2, 0) is 0 Å². The van der Waals surface area contributed by atoms with Gasteiger partial charge in [-0.15, -0.1) is 0 Å². The smallest absolute Gasteiger partial charge is 0.167 e. The second kappa shape index (κ2) is 6.07. The Morgan fingerprint density at radius 2 is 1.91 bits per heavy atom. The molecule has 0 fully saturated rings. The molecule has 0 spiro atoms. The molecule has 0 unspecified atom stereocenters. The quantitative estimate of drug-likeness (QED) is 0.738. The van der Waals surface area contributed by atoms with Gasteiger partial charge in [0.05, 0.1) is 25.5 Å². The Kier molecular flexibility index (Phi) is 3.98. The van der Waals surface area contributed by atoms with Gasteiger partial charge in [-0.1, -0.05) is 17.7 Å². The molecule has 1 aromatic heterocycles. The van der Waals surface area contributed by atoms with Gasteiger partial charge < -0.3 is 9.47 Å². The van der Waals surface area contributed by atoms with E-state index >= 15 is 0 Å². The second-order valence-corrected chi connectivity index (χ2v) is 4.98. The van der Waals surface area contributed by atoms with E-state index in [2.05, 4.69) is 10.1 Å². The van der Waals surface area contributed by atoms with E-state index in [1.165, 1.54) is 6.33 Å². The monoisotopic (exact) mass is 315 g/mol. The Bertz CT molecular complexity index is 802. The lowest BCUT2D eigenvalue weighted by Gasteiger charge is -2.11. The van der Waals surface area contributed by atoms with Crippen LogP contribution < -0.4 is 9.47 Å². The van der Waals surface area contributed by atoms with Crippen molar-refractivity contribution >= 4 is 11.6 Å². The number of ether oxygens (including phenoxy) is 2. The Balaban J connectivity index is 2.16. The first-order valence-electron chi connectivity index (χ1n) is 6.61. The van der Waals surface area contributed by atoms with Crippen LogP contribution in [0.1, 0.15) is 0 Å². The molecule has 0 aliphatic rings. The van der Waals surface area contributed by atoms with Gasteiger partial charge >= 0.3 is 0 Å². The molecule has 0 aliphatic carbocycles. The van der Waals surface area contributed by atoms with Crippen molar-refractivity contribution in [1.29, 1.82) is 0 Å². The van der Waals surface area contributed by atoms with Crippen LogP contribution in [0, 0.1) is 0 Å². The van der Waals surface area contributed by atoms with Crippen LogP contribution in [0.5, 0.6) is 11.5 Å². The highest BCUT2D eigenvalue weighted by Gasteiger charge is 2.15. The molecule has 3 rings (SSSR count). The van der Waals surface area contributed by atoms with Crippen LogP contribution in [0.25, 0.3) is 17.1 Å². The Morgan fingerprint density at radius 1 is 1.05 bits per heavy atom. The first-order valence-corrected chi connectivity index (χ1v) is 6.99. The standard InChI is InChI=1S/C16H14ClN3O2/c1-21-13-6-7-15(22-2)14(9-13)16-18-10-19-20(16)12-5-3-4-11(17)8-12/h3-10H,1-2H3. The minimum absolute atomic E-state index is 0.636. The lowest BCUT2D eigenvalue weighted by molar-refractivity contribution is 0.404. The van der Waals surface area contributed by atoms with Gasteiger partial charge in [-0.05, 0) is 36.4 Å². The summed E-state index contributed by atoms with van der Waals surface area (Å²) >= 11 is 6.06. The van der Waals surface area contributed by atoms with Gasteiger partial charge in [-0.2, -0.15) is 5.10 Å². The molecule has 0 radical (unpaired) electrons. The van der Waals surface area contributed by atoms with Gasteiger partial charge in [0.25, 0.3) is 0 Å². The molecule has 6 heteroatoms. The highest BCUT2D eigenvalue weighted by molar-refractivity contribution is 6.30. The first-order chi connectivity index (χ1) is 10.7. The number of benzene rings is 2. The number of halogens is 1. The Labute approximate surface area is 133 Å². The molecule has 5 nitrogen and oxygen atoms in total. The zero-order valence-corrected chi connectivity index (χ0v) is 12.9. The van der Waals surface area contributed by atoms with Crippen LogP contribution in [0.4, 0.5) is 0 Å². The number of aromatic nitrogens is 3. The minimum Gasteiger partial charge on any atom is -0.497 e.